The number of esters is 1. The maximum atomic E-state index is 13.5. The average Bonchev–Trinajstić information content (AvgIpc) is 2.93. The Morgan fingerprint density at radius 3 is 2.36 bits per heavy atom. The molecule has 0 spiro atoms. The third kappa shape index (κ3) is 6.99. The molecule has 1 aliphatic carbocycles. The number of hydrogen-bond acceptors (Lipinski definition) is 10. The number of ether oxygens (including phenoxy) is 1. The summed E-state index contributed by atoms with van der Waals surface area (Å²) in [4.78, 5) is 76.1. The van der Waals surface area contributed by atoms with Crippen molar-refractivity contribution in [3.05, 3.63) is 69.8 Å². The van der Waals surface area contributed by atoms with Gasteiger partial charge in [-0.05, 0) is 18.1 Å². The number of phenols is 1. The molecule has 39 heavy (non-hydrogen) atoms. The van der Waals surface area contributed by atoms with Crippen molar-refractivity contribution < 1.29 is 38.7 Å². The third-order valence-electron chi connectivity index (χ3n) is 6.70. The van der Waals surface area contributed by atoms with E-state index in [2.05, 4.69) is 5.32 Å². The van der Waals surface area contributed by atoms with Gasteiger partial charge in [-0.2, -0.15) is 0 Å². The van der Waals surface area contributed by atoms with Crippen molar-refractivity contribution in [3.8, 4) is 5.75 Å². The smallest absolute Gasteiger partial charge is 0.308 e. The number of nitrogens with zero attached hydrogens (tertiary/aromatic N) is 1. The minimum absolute atomic E-state index is 0.00686. The molecule has 2 N–H and O–H groups in total. The van der Waals surface area contributed by atoms with Crippen LogP contribution in [0.5, 0.6) is 5.75 Å². The normalized spacial score (nSPS) is 22.3. The molecule has 11 nitrogen and oxygen atoms in total. The van der Waals surface area contributed by atoms with E-state index in [1.807, 2.05) is 0 Å². The highest BCUT2D eigenvalue weighted by Crippen LogP contribution is 2.28. The lowest BCUT2D eigenvalue weighted by Gasteiger charge is -2.29. The van der Waals surface area contributed by atoms with Gasteiger partial charge in [-0.1, -0.05) is 51.1 Å². The summed E-state index contributed by atoms with van der Waals surface area (Å²) < 4.78 is 5.59. The van der Waals surface area contributed by atoms with Gasteiger partial charge in [0.1, 0.15) is 11.9 Å². The van der Waals surface area contributed by atoms with E-state index in [9.17, 15) is 39.2 Å². The van der Waals surface area contributed by atoms with E-state index in [-0.39, 0.29) is 30.0 Å². The van der Waals surface area contributed by atoms with Gasteiger partial charge in [-0.25, -0.2) is 0 Å². The summed E-state index contributed by atoms with van der Waals surface area (Å²) in [6.45, 7) is 4.24. The lowest BCUT2D eigenvalue weighted by atomic mass is 9.81. The molecule has 0 aliphatic heterocycles. The van der Waals surface area contributed by atoms with Gasteiger partial charge in [0.05, 0.1) is 28.7 Å². The van der Waals surface area contributed by atoms with Crippen LogP contribution in [0.1, 0.15) is 38.3 Å². The monoisotopic (exact) mass is 538 g/mol. The van der Waals surface area contributed by atoms with Gasteiger partial charge in [0.2, 0.25) is 23.1 Å². The van der Waals surface area contributed by atoms with Gasteiger partial charge in [-0.15, -0.1) is 0 Å². The SMILES string of the molecule is CC(C)C(=O)O[C@@H]1[C@H](C)C(=O)C(=O)[C@@H](NCc2cc([N+](=O)[O-])ccc2O)CC(=O)C(=O)[C@@H]1Cc1ccccc1. The van der Waals surface area contributed by atoms with E-state index in [0.717, 1.165) is 18.2 Å². The van der Waals surface area contributed by atoms with Gasteiger partial charge < -0.3 is 15.2 Å². The number of nitrogens with one attached hydrogen (secondary N) is 1. The third-order valence-corrected chi connectivity index (χ3v) is 6.70. The van der Waals surface area contributed by atoms with E-state index in [4.69, 9.17) is 4.74 Å². The van der Waals surface area contributed by atoms with Crippen LogP contribution < -0.4 is 5.32 Å². The molecule has 2 aromatic carbocycles. The Morgan fingerprint density at radius 1 is 1.08 bits per heavy atom. The molecule has 0 saturated heterocycles. The van der Waals surface area contributed by atoms with E-state index >= 15 is 0 Å². The number of carbonyl (C=O) groups excluding carboxylic acids is 5. The van der Waals surface area contributed by atoms with Crippen LogP contribution in [0.15, 0.2) is 48.5 Å². The lowest BCUT2D eigenvalue weighted by Crippen LogP contribution is -2.46. The molecule has 206 valence electrons. The Hall–Kier alpha value is -4.25. The molecular formula is C28H30N2O9. The molecule has 1 saturated carbocycles. The van der Waals surface area contributed by atoms with Crippen molar-refractivity contribution in [1.29, 1.82) is 0 Å². The average molecular weight is 539 g/mol. The fraction of sp³-hybridized carbons (Fsp3) is 0.393. The number of phenolic OH excluding ortho intramolecular Hbond substituents is 1. The second-order valence-corrected chi connectivity index (χ2v) is 9.86. The van der Waals surface area contributed by atoms with E-state index in [1.54, 1.807) is 44.2 Å². The van der Waals surface area contributed by atoms with Crippen LogP contribution in [0, 0.1) is 27.9 Å². The molecular weight excluding hydrogens is 508 g/mol. The second kappa shape index (κ2) is 12.5. The number of carbonyl (C=O) groups is 5. The predicted octanol–water partition coefficient (Wildman–Crippen LogP) is 2.50. The van der Waals surface area contributed by atoms with Crippen molar-refractivity contribution >= 4 is 34.8 Å². The number of aromatic hydroxyl groups is 1. The Morgan fingerprint density at radius 2 is 1.74 bits per heavy atom. The van der Waals surface area contributed by atoms with Crippen molar-refractivity contribution in [2.45, 2.75) is 52.3 Å². The molecule has 0 bridgehead atoms. The molecule has 4 atom stereocenters. The van der Waals surface area contributed by atoms with Crippen molar-refractivity contribution in [2.24, 2.45) is 17.8 Å². The number of nitro benzene ring substituents is 1. The fourth-order valence-electron chi connectivity index (χ4n) is 4.38. The molecule has 1 fully saturated rings. The Kier molecular flexibility index (Phi) is 9.42. The number of hydrogen-bond donors (Lipinski definition) is 2. The maximum absolute atomic E-state index is 13.5. The summed E-state index contributed by atoms with van der Waals surface area (Å²) in [5.74, 6) is -7.74. The first kappa shape index (κ1) is 29.3. The van der Waals surface area contributed by atoms with Gasteiger partial charge >= 0.3 is 5.97 Å². The maximum Gasteiger partial charge on any atom is 0.308 e. The lowest BCUT2D eigenvalue weighted by molar-refractivity contribution is -0.384. The van der Waals surface area contributed by atoms with Crippen LogP contribution in [0.25, 0.3) is 0 Å². The first-order chi connectivity index (χ1) is 18.4. The van der Waals surface area contributed by atoms with Crippen molar-refractivity contribution in [1.82, 2.24) is 5.32 Å². The highest BCUT2D eigenvalue weighted by Gasteiger charge is 2.46. The number of rotatable bonds is 8. The summed E-state index contributed by atoms with van der Waals surface area (Å²) in [7, 11) is 0. The van der Waals surface area contributed by atoms with Gasteiger partial charge in [0.15, 0.2) is 0 Å². The molecule has 0 amide bonds. The minimum atomic E-state index is -1.44. The summed E-state index contributed by atoms with van der Waals surface area (Å²) in [6, 6.07) is 10.6. The second-order valence-electron chi connectivity index (χ2n) is 9.86. The van der Waals surface area contributed by atoms with E-state index in [1.165, 1.54) is 6.92 Å². The standard InChI is InChI=1S/C28H30N2O9/c1-15(2)28(36)39-27-16(3)24(33)26(35)21(29-14-18-12-19(30(37)38)9-10-22(18)31)13-23(32)25(34)20(27)11-17-7-5-4-6-8-17/h4-10,12,15-16,20-21,27,29,31H,11,13-14H2,1-3H3/t16-,20+,21+,27-/m1/s1. The molecule has 2 aromatic rings. The van der Waals surface area contributed by atoms with Gasteiger partial charge in [0.25, 0.3) is 5.69 Å². The van der Waals surface area contributed by atoms with Crippen LogP contribution in [0.3, 0.4) is 0 Å². The molecule has 0 radical (unpaired) electrons. The Balaban J connectivity index is 1.96. The molecule has 0 unspecified atom stereocenters. The predicted molar refractivity (Wildman–Crippen MR) is 138 cm³/mol. The molecule has 0 heterocycles. The number of non-ortho nitro benzene ring substituents is 1. The Bertz CT molecular complexity index is 1290. The Labute approximate surface area is 224 Å². The first-order valence-electron chi connectivity index (χ1n) is 12.5. The topological polar surface area (TPSA) is 170 Å². The number of nitro groups is 1. The zero-order valence-corrected chi connectivity index (χ0v) is 21.8. The summed E-state index contributed by atoms with van der Waals surface area (Å²) in [5.41, 5.74) is 0.428. The quantitative estimate of drug-likeness (QED) is 0.220. The zero-order chi connectivity index (χ0) is 28.9. The van der Waals surface area contributed by atoms with E-state index in [0.29, 0.717) is 5.56 Å². The number of Topliss-reactive ketones (excluding diaryl/α,β-unsaturated/α-hetero) is 4. The van der Waals surface area contributed by atoms with Crippen LogP contribution in [0.4, 0.5) is 5.69 Å². The molecule has 0 aromatic heterocycles. The van der Waals surface area contributed by atoms with E-state index < -0.39 is 70.3 Å². The minimum Gasteiger partial charge on any atom is -0.508 e. The summed E-state index contributed by atoms with van der Waals surface area (Å²) >= 11 is 0. The highest BCUT2D eigenvalue weighted by atomic mass is 16.6. The van der Waals surface area contributed by atoms with Gasteiger partial charge in [-0.3, -0.25) is 34.1 Å². The van der Waals surface area contributed by atoms with Crippen LogP contribution in [-0.4, -0.2) is 51.3 Å². The fourth-order valence-corrected chi connectivity index (χ4v) is 4.38. The van der Waals surface area contributed by atoms with Crippen molar-refractivity contribution in [3.63, 3.8) is 0 Å². The highest BCUT2D eigenvalue weighted by molar-refractivity contribution is 6.44. The molecule has 1 aliphatic rings. The van der Waals surface area contributed by atoms with Crippen LogP contribution in [0.2, 0.25) is 0 Å². The van der Waals surface area contributed by atoms with Crippen LogP contribution in [-0.2, 0) is 41.7 Å². The molecule has 3 rings (SSSR count). The first-order valence-corrected chi connectivity index (χ1v) is 12.5. The summed E-state index contributed by atoms with van der Waals surface area (Å²) in [6.07, 6.45) is -2.00. The number of benzene rings is 2. The van der Waals surface area contributed by atoms with Crippen LogP contribution >= 0.6 is 0 Å². The largest absolute Gasteiger partial charge is 0.508 e. The van der Waals surface area contributed by atoms with Gasteiger partial charge in [0, 0.05) is 30.7 Å². The summed E-state index contributed by atoms with van der Waals surface area (Å²) in [5, 5.41) is 23.9. The number of ketones is 4. The zero-order valence-electron chi connectivity index (χ0n) is 21.8. The van der Waals surface area contributed by atoms with Crippen molar-refractivity contribution in [2.75, 3.05) is 0 Å². The molecule has 11 heteroatoms.